The molecule has 0 aromatic heterocycles. The van der Waals surface area contributed by atoms with Crippen molar-refractivity contribution in [1.82, 2.24) is 0 Å². The quantitative estimate of drug-likeness (QED) is 0.515. The number of halogens is 1. The SMILES string of the molecule is [2H]Cl.[2H]N([2H])C([2H])([2H])C(=O)OC. The number of nitrogens with two attached hydrogens (primary N) is 1. The van der Waals surface area contributed by atoms with Gasteiger partial charge in [0.15, 0.2) is 0 Å². The highest BCUT2D eigenvalue weighted by molar-refractivity contribution is 5.85. The van der Waals surface area contributed by atoms with E-state index in [0.29, 0.717) is 0 Å². The molecule has 0 aliphatic rings. The Morgan fingerprint density at radius 3 is 3.14 bits per heavy atom. The predicted molar refractivity (Wildman–Crippen MR) is 28.3 cm³/mol. The van der Waals surface area contributed by atoms with Crippen molar-refractivity contribution in [3.05, 3.63) is 0 Å². The lowest BCUT2D eigenvalue weighted by Crippen LogP contribution is -2.14. The van der Waals surface area contributed by atoms with Crippen LogP contribution in [0.1, 0.15) is 2.74 Å². The second-order valence-electron chi connectivity index (χ2n) is 0.603. The van der Waals surface area contributed by atoms with Crippen LogP contribution in [0.25, 0.3) is 0 Å². The Morgan fingerprint density at radius 2 is 3.00 bits per heavy atom. The molecule has 0 rings (SSSR count). The van der Waals surface area contributed by atoms with E-state index in [1.807, 2.05) is 0 Å². The molecule has 0 radical (unpaired) electrons. The molecule has 0 aromatic rings. The van der Waals surface area contributed by atoms with Crippen molar-refractivity contribution in [2.45, 2.75) is 0 Å². The van der Waals surface area contributed by atoms with Gasteiger partial charge in [-0.1, -0.05) is 0 Å². The lowest BCUT2D eigenvalue weighted by Gasteiger charge is -1.87. The van der Waals surface area contributed by atoms with Gasteiger partial charge in [-0.2, -0.15) is 0 Å². The van der Waals surface area contributed by atoms with E-state index >= 15 is 0 Å². The Morgan fingerprint density at radius 1 is 2.43 bits per heavy atom. The highest BCUT2D eigenvalue weighted by Crippen LogP contribution is 1.61. The van der Waals surface area contributed by atoms with Crippen LogP contribution in [0.2, 0.25) is 2.82 Å². The first-order valence-electron chi connectivity index (χ1n) is 3.56. The number of rotatable bonds is 2. The molecule has 0 aromatic carbocycles. The molecule has 4 heteroatoms. The number of hydrogen-bond donors (Lipinski definition) is 1. The normalized spacial score (nSPS) is 18.4. The van der Waals surface area contributed by atoms with Crippen LogP contribution in [0, 0.1) is 0 Å². The second kappa shape index (κ2) is 5.72. The summed E-state index contributed by atoms with van der Waals surface area (Å²) in [4.78, 5) is 10.4. The van der Waals surface area contributed by atoms with Crippen LogP contribution in [0.3, 0.4) is 0 Å². The van der Waals surface area contributed by atoms with Gasteiger partial charge in [-0.15, -0.1) is 12.3 Å². The molecule has 3 nitrogen and oxygen atoms in total. The largest absolute Gasteiger partial charge is 0.468 e. The maximum absolute atomic E-state index is 10.4. The Balaban J connectivity index is 0. The summed E-state index contributed by atoms with van der Waals surface area (Å²) in [5, 5.41) is 0. The van der Waals surface area contributed by atoms with Gasteiger partial charge in [0.2, 0.25) is 0 Å². The standard InChI is InChI=1S/C3H7NO2.ClH/c1-6-3(5)2-4;/h2,4H2,1H3;1H/i2D2;/hD3. The number of carbonyl (C=O) groups excluding carboxylic acids is 1. The van der Waals surface area contributed by atoms with Crippen molar-refractivity contribution in [2.24, 2.45) is 5.72 Å². The van der Waals surface area contributed by atoms with E-state index < -0.39 is 12.5 Å². The lowest BCUT2D eigenvalue weighted by molar-refractivity contribution is -0.138. The highest BCUT2D eigenvalue weighted by atomic mass is 35.5. The van der Waals surface area contributed by atoms with Gasteiger partial charge in [-0.25, -0.2) is 0 Å². The Hall–Kier alpha value is -0.280. The number of hydrogen-bond acceptors (Lipinski definition) is 3. The van der Waals surface area contributed by atoms with E-state index in [-0.39, 0.29) is 5.72 Å². The first-order chi connectivity index (χ1) is 5.42. The minimum atomic E-state index is -2.69. The summed E-state index contributed by atoms with van der Waals surface area (Å²) in [7, 11) is 0.990. The zero-order chi connectivity index (χ0) is 10.4. The van der Waals surface area contributed by atoms with Crippen LogP contribution >= 0.6 is 12.3 Å². The van der Waals surface area contributed by atoms with E-state index in [9.17, 15) is 4.79 Å². The van der Waals surface area contributed by atoms with Gasteiger partial charge in [0, 0.05) is 0 Å². The van der Waals surface area contributed by atoms with E-state index in [2.05, 4.69) is 17.1 Å². The van der Waals surface area contributed by atoms with Gasteiger partial charge in [0.05, 0.1) is 16.3 Å². The fraction of sp³-hybridized carbons (Fsp3) is 0.667. The summed E-state index contributed by atoms with van der Waals surface area (Å²) in [5.74, 6) is -1.25. The highest BCUT2D eigenvalue weighted by Gasteiger charge is 1.87. The van der Waals surface area contributed by atoms with Crippen LogP contribution in [0.15, 0.2) is 0 Å². The predicted octanol–water partition coefficient (Wildman–Crippen LogP) is -0.460. The maximum Gasteiger partial charge on any atom is 0.319 e. The molecule has 7 heavy (non-hydrogen) atoms. The van der Waals surface area contributed by atoms with Gasteiger partial charge >= 0.3 is 5.97 Å². The fourth-order valence-electron chi connectivity index (χ4n) is 0.0456. The van der Waals surface area contributed by atoms with Crippen LogP contribution in [0.5, 0.6) is 0 Å². The number of ether oxygens (including phenoxy) is 1. The Labute approximate surface area is 55.1 Å². The van der Waals surface area contributed by atoms with Crippen molar-refractivity contribution in [1.29, 1.82) is 1.17 Å². The van der Waals surface area contributed by atoms with E-state index in [1.165, 1.54) is 0 Å². The first-order valence-corrected chi connectivity index (χ1v) is 1.29. The van der Waals surface area contributed by atoms with Gasteiger partial charge in [0.25, 0.3) is 0 Å². The summed E-state index contributed by atoms with van der Waals surface area (Å²) in [5.41, 5.74) is -0.348. The smallest absolute Gasteiger partial charge is 0.319 e. The first kappa shape index (κ1) is 2.33. The number of carbonyl (C=O) groups is 1. The monoisotopic (exact) mass is 130 g/mol. The molecule has 0 aliphatic carbocycles. The molecule has 0 heterocycles. The van der Waals surface area contributed by atoms with Crippen LogP contribution in [0.4, 0.5) is 0 Å². The van der Waals surface area contributed by atoms with Gasteiger partial charge < -0.3 is 10.5 Å². The third kappa shape index (κ3) is 5.72. The molecular weight excluding hydrogens is 117 g/mol. The molecular formula is C3H8ClNO2. The summed E-state index contributed by atoms with van der Waals surface area (Å²) >= 11 is 3.89. The molecule has 0 unspecified atom stereocenters. The van der Waals surface area contributed by atoms with Crippen LogP contribution < -0.4 is 5.72 Å². The van der Waals surface area contributed by atoms with E-state index in [4.69, 9.17) is 6.74 Å². The number of methoxy groups -OCH3 is 1. The average molecular weight is 131 g/mol. The van der Waals surface area contributed by atoms with Crippen LogP contribution in [-0.4, -0.2) is 20.7 Å². The van der Waals surface area contributed by atoms with E-state index in [0.717, 1.165) is 7.11 Å². The minimum absolute atomic E-state index is 0.348. The van der Waals surface area contributed by atoms with Crippen molar-refractivity contribution >= 4 is 18.3 Å². The van der Waals surface area contributed by atoms with Gasteiger partial charge in [-0.3, -0.25) is 4.79 Å². The summed E-state index contributed by atoms with van der Waals surface area (Å²) in [6.45, 7) is -2.69. The summed E-state index contributed by atoms with van der Waals surface area (Å²) in [6.07, 6.45) is 0. The lowest BCUT2D eigenvalue weighted by atomic mass is 10.7. The summed E-state index contributed by atoms with van der Waals surface area (Å²) < 4.78 is 35.5. The minimum Gasteiger partial charge on any atom is -0.468 e. The van der Waals surface area contributed by atoms with Crippen molar-refractivity contribution in [3.8, 4) is 0 Å². The van der Waals surface area contributed by atoms with Crippen LogP contribution in [-0.2, 0) is 9.53 Å². The van der Waals surface area contributed by atoms with Gasteiger partial charge in [-0.05, 0) is 0 Å². The zero-order valence-corrected chi connectivity index (χ0v) is 4.40. The van der Waals surface area contributed by atoms with Crippen molar-refractivity contribution in [3.63, 3.8) is 0 Å². The van der Waals surface area contributed by atoms with Crippen molar-refractivity contribution in [2.75, 3.05) is 13.6 Å². The van der Waals surface area contributed by atoms with E-state index in [1.54, 1.807) is 0 Å². The molecule has 0 amide bonds. The topological polar surface area (TPSA) is 52.3 Å². The number of esters is 1. The molecule has 2 N–H and O–H groups in total. The molecule has 0 atom stereocenters. The third-order valence-corrected chi connectivity index (χ3v) is 0.277. The van der Waals surface area contributed by atoms with Crippen molar-refractivity contribution < 1.29 is 15.1 Å². The third-order valence-electron chi connectivity index (χ3n) is 0.277. The Kier molecular flexibility index (Phi) is 1.90. The molecule has 0 bridgehead atoms. The second-order valence-corrected chi connectivity index (χ2v) is 0.603. The molecule has 0 saturated carbocycles. The summed E-state index contributed by atoms with van der Waals surface area (Å²) in [6, 6.07) is 0. The zero-order valence-electron chi connectivity index (χ0n) is 8.64. The molecule has 0 aliphatic heterocycles. The van der Waals surface area contributed by atoms with Gasteiger partial charge in [0.1, 0.15) is 4.00 Å². The molecule has 0 spiro atoms. The molecule has 44 valence electrons. The molecule has 0 fully saturated rings. The molecule has 0 saturated heterocycles. The Bertz CT molecular complexity index is 143. The average Bonchev–Trinajstić information content (AvgIpc) is 2.06. The fourth-order valence-corrected chi connectivity index (χ4v) is 0.0456. The maximum atomic E-state index is 10.4.